The Morgan fingerprint density at radius 3 is 2.79 bits per heavy atom. The molecule has 2 aromatic heterocycles. The van der Waals surface area contributed by atoms with Crippen LogP contribution >= 0.6 is 12.6 Å². The number of rotatable bonds is 1. The molecule has 4 heteroatoms. The SMILES string of the molecule is Cn1cc(S)c(=Nc2cccnc2)c2ccccc21. The molecule has 0 amide bonds. The van der Waals surface area contributed by atoms with Crippen LogP contribution in [0.5, 0.6) is 0 Å². The number of fused-ring (bicyclic) bond motifs is 1. The van der Waals surface area contributed by atoms with Crippen molar-refractivity contribution < 1.29 is 0 Å². The smallest absolute Gasteiger partial charge is 0.0878 e. The van der Waals surface area contributed by atoms with Crippen molar-refractivity contribution in [2.75, 3.05) is 0 Å². The first-order valence-corrected chi connectivity index (χ1v) is 6.42. The Morgan fingerprint density at radius 1 is 1.16 bits per heavy atom. The van der Waals surface area contributed by atoms with Crippen molar-refractivity contribution in [3.8, 4) is 0 Å². The Kier molecular flexibility index (Phi) is 3.09. The number of hydrogen-bond donors (Lipinski definition) is 1. The van der Waals surface area contributed by atoms with Crippen LogP contribution in [0.1, 0.15) is 0 Å². The number of para-hydroxylation sites is 1. The predicted molar refractivity (Wildman–Crippen MR) is 79.6 cm³/mol. The summed E-state index contributed by atoms with van der Waals surface area (Å²) in [6.45, 7) is 0. The van der Waals surface area contributed by atoms with E-state index in [-0.39, 0.29) is 0 Å². The molecule has 0 radical (unpaired) electrons. The maximum Gasteiger partial charge on any atom is 0.0878 e. The first kappa shape index (κ1) is 12.0. The fourth-order valence-electron chi connectivity index (χ4n) is 2.10. The van der Waals surface area contributed by atoms with Crippen molar-refractivity contribution >= 4 is 29.2 Å². The Bertz CT molecular complexity index is 791. The standard InChI is InChI=1S/C15H13N3S/c1-18-10-14(19)15(12-6-2-3-7-13(12)18)17-11-5-4-8-16-9-11/h2-10,19H,1H3. The molecule has 2 heterocycles. The first-order valence-electron chi connectivity index (χ1n) is 5.98. The van der Waals surface area contributed by atoms with Gasteiger partial charge in [0.15, 0.2) is 0 Å². The molecular weight excluding hydrogens is 254 g/mol. The quantitative estimate of drug-likeness (QED) is 0.675. The van der Waals surface area contributed by atoms with Gasteiger partial charge in [-0.3, -0.25) is 4.98 Å². The Hall–Kier alpha value is -2.07. The summed E-state index contributed by atoms with van der Waals surface area (Å²) >= 11 is 4.54. The number of nitrogens with zero attached hydrogens (tertiary/aromatic N) is 3. The molecule has 0 unspecified atom stereocenters. The zero-order valence-electron chi connectivity index (χ0n) is 10.5. The highest BCUT2D eigenvalue weighted by Crippen LogP contribution is 2.14. The summed E-state index contributed by atoms with van der Waals surface area (Å²) < 4.78 is 2.06. The Morgan fingerprint density at radius 2 is 2.00 bits per heavy atom. The number of thiol groups is 1. The molecule has 0 aliphatic rings. The van der Waals surface area contributed by atoms with Crippen molar-refractivity contribution in [1.29, 1.82) is 0 Å². The molecular formula is C15H13N3S. The highest BCUT2D eigenvalue weighted by Gasteiger charge is 2.02. The monoisotopic (exact) mass is 267 g/mol. The van der Waals surface area contributed by atoms with Crippen LogP contribution in [0.4, 0.5) is 5.69 Å². The number of aromatic nitrogens is 2. The van der Waals surface area contributed by atoms with Crippen molar-refractivity contribution in [3.05, 3.63) is 60.3 Å². The van der Waals surface area contributed by atoms with E-state index in [9.17, 15) is 0 Å². The van der Waals surface area contributed by atoms with Gasteiger partial charge < -0.3 is 4.57 Å². The second-order valence-electron chi connectivity index (χ2n) is 4.31. The zero-order valence-corrected chi connectivity index (χ0v) is 11.4. The van der Waals surface area contributed by atoms with E-state index in [1.165, 1.54) is 0 Å². The van der Waals surface area contributed by atoms with Crippen LogP contribution in [-0.2, 0) is 7.05 Å². The minimum absolute atomic E-state index is 0.830. The van der Waals surface area contributed by atoms with Crippen molar-refractivity contribution in [2.24, 2.45) is 12.0 Å². The van der Waals surface area contributed by atoms with Gasteiger partial charge in [0.2, 0.25) is 0 Å². The molecule has 0 spiro atoms. The minimum Gasteiger partial charge on any atom is -0.349 e. The fraction of sp³-hybridized carbons (Fsp3) is 0.0667. The third kappa shape index (κ3) is 2.27. The molecule has 3 nitrogen and oxygen atoms in total. The van der Waals surface area contributed by atoms with E-state index in [0.717, 1.165) is 26.8 Å². The summed E-state index contributed by atoms with van der Waals surface area (Å²) in [4.78, 5) is 9.59. The van der Waals surface area contributed by atoms with E-state index in [4.69, 9.17) is 0 Å². The Labute approximate surface area is 116 Å². The lowest BCUT2D eigenvalue weighted by molar-refractivity contribution is 0.920. The van der Waals surface area contributed by atoms with Crippen molar-refractivity contribution in [2.45, 2.75) is 4.90 Å². The molecule has 3 rings (SSSR count). The van der Waals surface area contributed by atoms with Crippen LogP contribution < -0.4 is 5.36 Å². The lowest BCUT2D eigenvalue weighted by Gasteiger charge is -2.08. The highest BCUT2D eigenvalue weighted by atomic mass is 32.1. The van der Waals surface area contributed by atoms with Gasteiger partial charge in [0.05, 0.1) is 17.2 Å². The summed E-state index contributed by atoms with van der Waals surface area (Å²) in [5.74, 6) is 0. The van der Waals surface area contributed by atoms with E-state index < -0.39 is 0 Å². The van der Waals surface area contributed by atoms with Crippen LogP contribution in [0.3, 0.4) is 0 Å². The third-order valence-corrected chi connectivity index (χ3v) is 3.31. The molecule has 0 N–H and O–H groups in total. The molecule has 3 aromatic rings. The first-order chi connectivity index (χ1) is 9.25. The second-order valence-corrected chi connectivity index (χ2v) is 4.80. The van der Waals surface area contributed by atoms with Gasteiger partial charge in [0.1, 0.15) is 0 Å². The minimum atomic E-state index is 0.830. The van der Waals surface area contributed by atoms with Crippen LogP contribution in [0.25, 0.3) is 10.9 Å². The summed E-state index contributed by atoms with van der Waals surface area (Å²) in [5, 5.41) is 1.96. The summed E-state index contributed by atoms with van der Waals surface area (Å²) in [6, 6.07) is 12.0. The van der Waals surface area contributed by atoms with Gasteiger partial charge in [-0.15, -0.1) is 12.6 Å². The number of pyridine rings is 2. The molecule has 0 aliphatic carbocycles. The Balaban J connectivity index is 2.38. The highest BCUT2D eigenvalue weighted by molar-refractivity contribution is 7.80. The fourth-order valence-corrected chi connectivity index (χ4v) is 2.44. The summed E-state index contributed by atoms with van der Waals surface area (Å²) in [6.07, 6.45) is 5.46. The topological polar surface area (TPSA) is 30.2 Å². The van der Waals surface area contributed by atoms with Gasteiger partial charge >= 0.3 is 0 Å². The maximum absolute atomic E-state index is 4.66. The molecule has 0 aliphatic heterocycles. The zero-order chi connectivity index (χ0) is 13.2. The number of benzene rings is 1. The van der Waals surface area contributed by atoms with Gasteiger partial charge in [0.25, 0.3) is 0 Å². The van der Waals surface area contributed by atoms with Gasteiger partial charge in [-0.2, -0.15) is 0 Å². The van der Waals surface area contributed by atoms with Crippen LogP contribution in [0, 0.1) is 0 Å². The van der Waals surface area contributed by atoms with Crippen molar-refractivity contribution in [1.82, 2.24) is 9.55 Å². The molecule has 94 valence electrons. The number of aryl methyl sites for hydroxylation is 1. The molecule has 0 fully saturated rings. The maximum atomic E-state index is 4.66. The molecule has 19 heavy (non-hydrogen) atoms. The van der Waals surface area contributed by atoms with Gasteiger partial charge in [0, 0.05) is 35.2 Å². The predicted octanol–water partition coefficient (Wildman–Crippen LogP) is 3.09. The molecule has 0 bridgehead atoms. The molecule has 1 aromatic carbocycles. The second kappa shape index (κ2) is 4.90. The summed E-state index contributed by atoms with van der Waals surface area (Å²) in [5.41, 5.74) is 1.96. The average Bonchev–Trinajstić information content (AvgIpc) is 2.45. The van der Waals surface area contributed by atoms with Gasteiger partial charge in [-0.05, 0) is 18.2 Å². The van der Waals surface area contributed by atoms with Crippen LogP contribution in [0.15, 0.2) is 64.9 Å². The normalized spacial score (nSPS) is 12.0. The largest absolute Gasteiger partial charge is 0.349 e. The molecule has 0 saturated heterocycles. The van der Waals surface area contributed by atoms with E-state index in [1.54, 1.807) is 12.4 Å². The van der Waals surface area contributed by atoms with E-state index in [2.05, 4.69) is 39.3 Å². The summed E-state index contributed by atoms with van der Waals surface area (Å²) in [7, 11) is 2.01. The van der Waals surface area contributed by atoms with Gasteiger partial charge in [-0.1, -0.05) is 18.2 Å². The van der Waals surface area contributed by atoms with Crippen molar-refractivity contribution in [3.63, 3.8) is 0 Å². The van der Waals surface area contributed by atoms with E-state index >= 15 is 0 Å². The molecule has 0 saturated carbocycles. The van der Waals surface area contributed by atoms with E-state index in [0.29, 0.717) is 0 Å². The third-order valence-electron chi connectivity index (χ3n) is 2.98. The lowest BCUT2D eigenvalue weighted by Crippen LogP contribution is -2.10. The van der Waals surface area contributed by atoms with Crippen LogP contribution in [-0.4, -0.2) is 9.55 Å². The van der Waals surface area contributed by atoms with Gasteiger partial charge in [-0.25, -0.2) is 4.99 Å². The average molecular weight is 267 g/mol. The van der Waals surface area contributed by atoms with Crippen LogP contribution in [0.2, 0.25) is 0 Å². The number of hydrogen-bond acceptors (Lipinski definition) is 3. The lowest BCUT2D eigenvalue weighted by atomic mass is 10.2. The molecule has 0 atom stereocenters. The van der Waals surface area contributed by atoms with E-state index in [1.807, 2.05) is 37.5 Å².